The van der Waals surface area contributed by atoms with Crippen molar-refractivity contribution < 1.29 is 9.53 Å². The topological polar surface area (TPSA) is 83.5 Å². The first-order valence-corrected chi connectivity index (χ1v) is 13.2. The summed E-state index contributed by atoms with van der Waals surface area (Å²) >= 11 is 0. The Hall–Kier alpha value is -4.43. The molecule has 0 bridgehead atoms. The molecule has 0 unspecified atom stereocenters. The fourth-order valence-electron chi connectivity index (χ4n) is 5.32. The fraction of sp³-hybridized carbons (Fsp3) is 0.258. The summed E-state index contributed by atoms with van der Waals surface area (Å²) in [6.07, 6.45) is 3.69. The number of aromatic amines is 1. The van der Waals surface area contributed by atoms with Gasteiger partial charge in [-0.15, -0.1) is 0 Å². The predicted octanol–water partition coefficient (Wildman–Crippen LogP) is 4.29. The monoisotopic (exact) mass is 521 g/mol. The first-order valence-electron chi connectivity index (χ1n) is 13.2. The number of piperazine rings is 1. The lowest BCUT2D eigenvalue weighted by Crippen LogP contribution is -2.55. The number of H-pyrrole nitrogens is 1. The summed E-state index contributed by atoms with van der Waals surface area (Å²) in [5.74, 6) is 0.959. The summed E-state index contributed by atoms with van der Waals surface area (Å²) in [6.45, 7) is 4.81. The lowest BCUT2D eigenvalue weighted by molar-refractivity contribution is -0.139. The average molecular weight is 522 g/mol. The van der Waals surface area contributed by atoms with Gasteiger partial charge in [0.15, 0.2) is 0 Å². The van der Waals surface area contributed by atoms with Gasteiger partial charge in [-0.05, 0) is 61.0 Å². The second kappa shape index (κ2) is 10.0. The van der Waals surface area contributed by atoms with E-state index in [1.165, 1.54) is 0 Å². The highest BCUT2D eigenvalue weighted by Crippen LogP contribution is 2.30. The molecule has 1 fully saturated rings. The zero-order chi connectivity index (χ0) is 27.1. The van der Waals surface area contributed by atoms with Crippen molar-refractivity contribution in [2.45, 2.75) is 13.0 Å². The molecular formula is C31H31N5O3. The third kappa shape index (κ3) is 4.68. The Morgan fingerprint density at radius 3 is 2.59 bits per heavy atom. The first-order chi connectivity index (χ1) is 18.9. The molecule has 1 amide bonds. The maximum absolute atomic E-state index is 12.4. The molecule has 1 aliphatic rings. The number of benzene rings is 2. The van der Waals surface area contributed by atoms with Crippen molar-refractivity contribution in [2.75, 3.05) is 33.3 Å². The van der Waals surface area contributed by atoms with E-state index in [2.05, 4.69) is 28.1 Å². The highest BCUT2D eigenvalue weighted by molar-refractivity contribution is 5.97. The van der Waals surface area contributed by atoms with Gasteiger partial charge in [0.2, 0.25) is 5.91 Å². The lowest BCUT2D eigenvalue weighted by Gasteiger charge is -2.37. The summed E-state index contributed by atoms with van der Waals surface area (Å²) in [4.78, 5) is 36.5. The zero-order valence-electron chi connectivity index (χ0n) is 22.3. The van der Waals surface area contributed by atoms with Crippen LogP contribution in [0.5, 0.6) is 5.75 Å². The number of ether oxygens (including phenoxy) is 1. The molecular weight excluding hydrogens is 490 g/mol. The van der Waals surface area contributed by atoms with Crippen molar-refractivity contribution in [3.05, 3.63) is 83.4 Å². The van der Waals surface area contributed by atoms with Crippen LogP contribution in [-0.2, 0) is 11.8 Å². The van der Waals surface area contributed by atoms with Gasteiger partial charge in [0.05, 0.1) is 17.3 Å². The SMILES string of the molecule is C[C@H]1C(=O)N(C)CCN1CCOc1ccc(-c2ccc3cc(-c4cn(C)c(=O)c5[nH]ccc45)ccc3n2)cc1. The maximum Gasteiger partial charge on any atom is 0.274 e. The highest BCUT2D eigenvalue weighted by atomic mass is 16.5. The molecule has 0 aliphatic carbocycles. The third-order valence-electron chi connectivity index (χ3n) is 7.70. The van der Waals surface area contributed by atoms with Gasteiger partial charge in [-0.2, -0.15) is 0 Å². The molecule has 1 saturated heterocycles. The number of nitrogens with zero attached hydrogens (tertiary/aromatic N) is 4. The van der Waals surface area contributed by atoms with Gasteiger partial charge in [-0.1, -0.05) is 12.1 Å². The number of likely N-dealkylation sites (N-methyl/N-ethyl adjacent to an activating group) is 1. The summed E-state index contributed by atoms with van der Waals surface area (Å²) in [6, 6.07) is 20.1. The molecule has 1 aliphatic heterocycles. The molecule has 4 heterocycles. The van der Waals surface area contributed by atoms with Crippen molar-refractivity contribution in [3.63, 3.8) is 0 Å². The number of carbonyl (C=O) groups is 1. The molecule has 8 nitrogen and oxygen atoms in total. The molecule has 2 aromatic carbocycles. The Balaban J connectivity index is 1.16. The van der Waals surface area contributed by atoms with E-state index in [-0.39, 0.29) is 17.5 Å². The van der Waals surface area contributed by atoms with E-state index in [1.54, 1.807) is 22.7 Å². The smallest absolute Gasteiger partial charge is 0.274 e. The van der Waals surface area contributed by atoms with Gasteiger partial charge in [-0.25, -0.2) is 4.98 Å². The number of hydrogen-bond acceptors (Lipinski definition) is 5. The van der Waals surface area contributed by atoms with Crippen LogP contribution in [0.15, 0.2) is 77.9 Å². The van der Waals surface area contributed by atoms with Crippen molar-refractivity contribution in [1.82, 2.24) is 24.3 Å². The van der Waals surface area contributed by atoms with E-state index in [9.17, 15) is 9.59 Å². The number of nitrogens with one attached hydrogen (secondary N) is 1. The van der Waals surface area contributed by atoms with E-state index < -0.39 is 0 Å². The van der Waals surface area contributed by atoms with E-state index in [0.717, 1.165) is 57.5 Å². The van der Waals surface area contributed by atoms with Gasteiger partial charge in [-0.3, -0.25) is 14.5 Å². The Kier molecular flexibility index (Phi) is 6.40. The van der Waals surface area contributed by atoms with Crippen molar-refractivity contribution in [3.8, 4) is 28.1 Å². The van der Waals surface area contributed by atoms with E-state index >= 15 is 0 Å². The molecule has 39 heavy (non-hydrogen) atoms. The van der Waals surface area contributed by atoms with Crippen LogP contribution in [0.4, 0.5) is 0 Å². The first kappa shape index (κ1) is 24.9. The minimum Gasteiger partial charge on any atom is -0.492 e. The van der Waals surface area contributed by atoms with Crippen LogP contribution in [0.2, 0.25) is 0 Å². The molecule has 0 saturated carbocycles. The van der Waals surface area contributed by atoms with Gasteiger partial charge in [0, 0.05) is 68.0 Å². The van der Waals surface area contributed by atoms with Gasteiger partial charge < -0.3 is 19.2 Å². The Labute approximate surface area is 226 Å². The third-order valence-corrected chi connectivity index (χ3v) is 7.70. The average Bonchev–Trinajstić information content (AvgIpc) is 3.45. The van der Waals surface area contributed by atoms with Crippen LogP contribution >= 0.6 is 0 Å². The molecule has 0 radical (unpaired) electrons. The fourth-order valence-corrected chi connectivity index (χ4v) is 5.32. The van der Waals surface area contributed by atoms with Gasteiger partial charge >= 0.3 is 0 Å². The number of hydrogen-bond donors (Lipinski definition) is 1. The van der Waals surface area contributed by atoms with Crippen LogP contribution in [0, 0.1) is 0 Å². The number of pyridine rings is 2. The zero-order valence-corrected chi connectivity index (χ0v) is 22.3. The molecule has 8 heteroatoms. The number of fused-ring (bicyclic) bond motifs is 2. The second-order valence-corrected chi connectivity index (χ2v) is 10.2. The maximum atomic E-state index is 12.4. The van der Waals surface area contributed by atoms with Crippen LogP contribution in [0.25, 0.3) is 44.2 Å². The predicted molar refractivity (Wildman–Crippen MR) is 154 cm³/mol. The van der Waals surface area contributed by atoms with E-state index in [4.69, 9.17) is 9.72 Å². The second-order valence-electron chi connectivity index (χ2n) is 10.2. The summed E-state index contributed by atoms with van der Waals surface area (Å²) in [7, 11) is 3.62. The number of aromatic nitrogens is 3. The quantitative estimate of drug-likeness (QED) is 0.361. The summed E-state index contributed by atoms with van der Waals surface area (Å²) in [5, 5.41) is 1.95. The largest absolute Gasteiger partial charge is 0.492 e. The van der Waals surface area contributed by atoms with Crippen LogP contribution in [0.3, 0.4) is 0 Å². The molecule has 198 valence electrons. The van der Waals surface area contributed by atoms with Crippen LogP contribution in [0.1, 0.15) is 6.92 Å². The Morgan fingerprint density at radius 2 is 1.77 bits per heavy atom. The molecule has 1 atom stereocenters. The minimum absolute atomic E-state index is 0.0385. The Morgan fingerprint density at radius 1 is 0.974 bits per heavy atom. The number of aryl methyl sites for hydroxylation is 1. The Bertz CT molecular complexity index is 1740. The normalized spacial score (nSPS) is 16.3. The summed E-state index contributed by atoms with van der Waals surface area (Å²) < 4.78 is 7.58. The number of rotatable bonds is 6. The number of carbonyl (C=O) groups excluding carboxylic acids is 1. The summed E-state index contributed by atoms with van der Waals surface area (Å²) in [5.41, 5.74) is 5.42. The lowest BCUT2D eigenvalue weighted by atomic mass is 10.0. The van der Waals surface area contributed by atoms with Crippen LogP contribution in [-0.4, -0.2) is 69.6 Å². The van der Waals surface area contributed by atoms with Crippen molar-refractivity contribution in [2.24, 2.45) is 7.05 Å². The minimum atomic E-state index is -0.110. The van der Waals surface area contributed by atoms with Crippen LogP contribution < -0.4 is 10.3 Å². The van der Waals surface area contributed by atoms with Crippen molar-refractivity contribution >= 4 is 27.7 Å². The molecule has 6 rings (SSSR count). The van der Waals surface area contributed by atoms with E-state index in [1.807, 2.05) is 62.6 Å². The molecule has 1 N–H and O–H groups in total. The van der Waals surface area contributed by atoms with Crippen molar-refractivity contribution in [1.29, 1.82) is 0 Å². The van der Waals surface area contributed by atoms with E-state index in [0.29, 0.717) is 18.7 Å². The number of amides is 1. The standard InChI is InChI=1S/C31H31N5O3/c1-20-30(37)34(2)14-15-36(20)16-17-39-24-8-4-21(5-9-24)27-11-7-23-18-22(6-10-28(23)33-27)26-19-35(3)31(38)29-25(26)12-13-32-29/h4-13,18-20,32H,14-17H2,1-3H3/t20-/m0/s1. The van der Waals surface area contributed by atoms with Gasteiger partial charge in [0.1, 0.15) is 17.9 Å². The molecule has 0 spiro atoms. The molecule has 3 aromatic heterocycles. The highest BCUT2D eigenvalue weighted by Gasteiger charge is 2.28. The molecule has 5 aromatic rings. The van der Waals surface area contributed by atoms with Gasteiger partial charge in [0.25, 0.3) is 5.56 Å².